The van der Waals surface area contributed by atoms with Gasteiger partial charge < -0.3 is 9.15 Å². The van der Waals surface area contributed by atoms with Gasteiger partial charge in [0.2, 0.25) is 11.8 Å². The van der Waals surface area contributed by atoms with E-state index in [2.05, 4.69) is 46.6 Å². The Hall–Kier alpha value is -3.66. The third-order valence-electron chi connectivity index (χ3n) is 4.21. The maximum absolute atomic E-state index is 5.71. The molecule has 0 atom stereocenters. The molecule has 0 N–H and O–H groups in total. The summed E-state index contributed by atoms with van der Waals surface area (Å²) in [7, 11) is 1.64. The first-order chi connectivity index (χ1) is 13.3. The average Bonchev–Trinajstić information content (AvgIpc) is 3.22. The first kappa shape index (κ1) is 16.8. The second kappa shape index (κ2) is 7.70. The van der Waals surface area contributed by atoms with E-state index in [0.717, 1.165) is 16.9 Å². The van der Waals surface area contributed by atoms with Crippen molar-refractivity contribution < 1.29 is 9.15 Å². The summed E-state index contributed by atoms with van der Waals surface area (Å²) < 4.78 is 10.9. The number of hydrogen-bond donors (Lipinski definition) is 0. The lowest BCUT2D eigenvalue weighted by atomic mass is 10.0. The molecule has 4 heteroatoms. The molecule has 3 aromatic carbocycles. The number of nitrogens with zero attached hydrogens (tertiary/aromatic N) is 2. The second-order valence-corrected chi connectivity index (χ2v) is 6.00. The molecule has 132 valence electrons. The van der Waals surface area contributed by atoms with Crippen LogP contribution in [-0.2, 0) is 0 Å². The van der Waals surface area contributed by atoms with Crippen molar-refractivity contribution in [3.05, 3.63) is 90.3 Å². The largest absolute Gasteiger partial charge is 0.497 e. The fourth-order valence-electron chi connectivity index (χ4n) is 2.74. The maximum atomic E-state index is 5.71. The average molecular weight is 354 g/mol. The van der Waals surface area contributed by atoms with Crippen LogP contribution in [0.4, 0.5) is 0 Å². The highest BCUT2D eigenvalue weighted by molar-refractivity contribution is 5.70. The SMILES string of the molecule is COc1ccc(-c2nnc(/C=C/c3ccc(-c4ccccc4)cc3)o2)cc1. The van der Waals surface area contributed by atoms with Crippen molar-refractivity contribution in [3.8, 4) is 28.3 Å². The number of hydrogen-bond acceptors (Lipinski definition) is 4. The Labute approximate surface area is 157 Å². The van der Waals surface area contributed by atoms with Gasteiger partial charge in [0.1, 0.15) is 5.75 Å². The number of benzene rings is 3. The van der Waals surface area contributed by atoms with Gasteiger partial charge in [-0.25, -0.2) is 0 Å². The Morgan fingerprint density at radius 1 is 0.704 bits per heavy atom. The third kappa shape index (κ3) is 3.96. The Kier molecular flexibility index (Phi) is 4.79. The molecule has 0 saturated carbocycles. The van der Waals surface area contributed by atoms with Crippen LogP contribution < -0.4 is 4.74 Å². The van der Waals surface area contributed by atoms with E-state index in [1.807, 2.05) is 54.6 Å². The Bertz CT molecular complexity index is 1030. The molecule has 1 heterocycles. The number of rotatable bonds is 5. The van der Waals surface area contributed by atoms with Gasteiger partial charge in [-0.15, -0.1) is 10.2 Å². The lowest BCUT2D eigenvalue weighted by Gasteiger charge is -2.01. The van der Waals surface area contributed by atoms with E-state index in [1.165, 1.54) is 11.1 Å². The maximum Gasteiger partial charge on any atom is 0.248 e. The van der Waals surface area contributed by atoms with Crippen molar-refractivity contribution in [2.45, 2.75) is 0 Å². The van der Waals surface area contributed by atoms with Crippen LogP contribution in [0.5, 0.6) is 5.75 Å². The van der Waals surface area contributed by atoms with Gasteiger partial charge in [-0.2, -0.15) is 0 Å². The molecule has 4 rings (SSSR count). The highest BCUT2D eigenvalue weighted by Crippen LogP contribution is 2.22. The van der Waals surface area contributed by atoms with Crippen molar-refractivity contribution in [1.29, 1.82) is 0 Å². The van der Waals surface area contributed by atoms with Crippen molar-refractivity contribution in [2.24, 2.45) is 0 Å². The van der Waals surface area contributed by atoms with Crippen LogP contribution in [0.15, 0.2) is 83.3 Å². The van der Waals surface area contributed by atoms with Gasteiger partial charge in [0, 0.05) is 11.6 Å². The van der Waals surface area contributed by atoms with Gasteiger partial charge in [0.15, 0.2) is 0 Å². The lowest BCUT2D eigenvalue weighted by Crippen LogP contribution is -1.82. The first-order valence-electron chi connectivity index (χ1n) is 8.63. The van der Waals surface area contributed by atoms with E-state index in [1.54, 1.807) is 7.11 Å². The minimum absolute atomic E-state index is 0.466. The predicted octanol–water partition coefficient (Wildman–Crippen LogP) is 5.58. The molecule has 0 fully saturated rings. The molecule has 0 amide bonds. The molecule has 0 saturated heterocycles. The van der Waals surface area contributed by atoms with Crippen molar-refractivity contribution in [3.63, 3.8) is 0 Å². The van der Waals surface area contributed by atoms with E-state index in [4.69, 9.17) is 9.15 Å². The minimum Gasteiger partial charge on any atom is -0.497 e. The van der Waals surface area contributed by atoms with Gasteiger partial charge >= 0.3 is 0 Å². The molecule has 4 aromatic rings. The van der Waals surface area contributed by atoms with Crippen LogP contribution in [0.25, 0.3) is 34.7 Å². The van der Waals surface area contributed by atoms with Crippen LogP contribution >= 0.6 is 0 Å². The summed E-state index contributed by atoms with van der Waals surface area (Å²) >= 11 is 0. The summed E-state index contributed by atoms with van der Waals surface area (Å²) in [6.07, 6.45) is 3.78. The molecule has 4 nitrogen and oxygen atoms in total. The fourth-order valence-corrected chi connectivity index (χ4v) is 2.74. The van der Waals surface area contributed by atoms with Crippen molar-refractivity contribution in [1.82, 2.24) is 10.2 Å². The van der Waals surface area contributed by atoms with Crippen LogP contribution in [0.2, 0.25) is 0 Å². The van der Waals surface area contributed by atoms with Crippen LogP contribution in [0.1, 0.15) is 11.5 Å². The van der Waals surface area contributed by atoms with E-state index in [-0.39, 0.29) is 0 Å². The number of aromatic nitrogens is 2. The zero-order valence-corrected chi connectivity index (χ0v) is 14.9. The summed E-state index contributed by atoms with van der Waals surface area (Å²) in [5.74, 6) is 1.74. The fraction of sp³-hybridized carbons (Fsp3) is 0.0435. The highest BCUT2D eigenvalue weighted by Gasteiger charge is 2.06. The molecule has 0 aliphatic carbocycles. The van der Waals surface area contributed by atoms with Gasteiger partial charge in [-0.05, 0) is 47.0 Å². The molecule has 0 aliphatic heterocycles. The molecule has 0 bridgehead atoms. The van der Waals surface area contributed by atoms with Crippen LogP contribution in [-0.4, -0.2) is 17.3 Å². The Morgan fingerprint density at radius 3 is 2.07 bits per heavy atom. The summed E-state index contributed by atoms with van der Waals surface area (Å²) in [5.41, 5.74) is 4.32. The third-order valence-corrected chi connectivity index (χ3v) is 4.21. The lowest BCUT2D eigenvalue weighted by molar-refractivity contribution is 0.415. The summed E-state index contributed by atoms with van der Waals surface area (Å²) in [6.45, 7) is 0. The summed E-state index contributed by atoms with van der Waals surface area (Å²) in [6, 6.07) is 26.2. The van der Waals surface area contributed by atoms with Crippen molar-refractivity contribution in [2.75, 3.05) is 7.11 Å². The molecule has 0 unspecified atom stereocenters. The topological polar surface area (TPSA) is 48.2 Å². The van der Waals surface area contributed by atoms with Gasteiger partial charge in [-0.1, -0.05) is 54.6 Å². The van der Waals surface area contributed by atoms with E-state index >= 15 is 0 Å². The summed E-state index contributed by atoms with van der Waals surface area (Å²) in [5, 5.41) is 8.18. The van der Waals surface area contributed by atoms with E-state index in [9.17, 15) is 0 Å². The van der Waals surface area contributed by atoms with Crippen molar-refractivity contribution >= 4 is 12.2 Å². The molecule has 1 aromatic heterocycles. The standard InChI is InChI=1S/C23H18N2O2/c1-26-21-14-12-20(13-15-21)23-25-24-22(27-23)16-9-17-7-10-19(11-8-17)18-5-3-2-4-6-18/h2-16H,1H3/b16-9+. The van der Waals surface area contributed by atoms with Gasteiger partial charge in [0.25, 0.3) is 0 Å². The number of ether oxygens (including phenoxy) is 1. The second-order valence-electron chi connectivity index (χ2n) is 6.00. The van der Waals surface area contributed by atoms with Gasteiger partial charge in [0.05, 0.1) is 7.11 Å². The quantitative estimate of drug-likeness (QED) is 0.469. The smallest absolute Gasteiger partial charge is 0.248 e. The Balaban J connectivity index is 1.47. The van der Waals surface area contributed by atoms with Crippen LogP contribution in [0.3, 0.4) is 0 Å². The zero-order chi connectivity index (χ0) is 18.5. The molecule has 0 spiro atoms. The molecule has 27 heavy (non-hydrogen) atoms. The molecular formula is C23H18N2O2. The zero-order valence-electron chi connectivity index (χ0n) is 14.9. The molecule has 0 aliphatic rings. The summed E-state index contributed by atoms with van der Waals surface area (Å²) in [4.78, 5) is 0. The predicted molar refractivity (Wildman–Crippen MR) is 107 cm³/mol. The van der Waals surface area contributed by atoms with Gasteiger partial charge in [-0.3, -0.25) is 0 Å². The van der Waals surface area contributed by atoms with E-state index < -0.39 is 0 Å². The number of methoxy groups -OCH3 is 1. The monoisotopic (exact) mass is 354 g/mol. The minimum atomic E-state index is 0.466. The normalized spacial score (nSPS) is 11.0. The van der Waals surface area contributed by atoms with Crippen LogP contribution in [0, 0.1) is 0 Å². The Morgan fingerprint density at radius 2 is 1.37 bits per heavy atom. The molecule has 0 radical (unpaired) electrons. The molecular weight excluding hydrogens is 336 g/mol. The first-order valence-corrected chi connectivity index (χ1v) is 8.63. The van der Waals surface area contributed by atoms with E-state index in [0.29, 0.717) is 11.8 Å². The highest BCUT2D eigenvalue weighted by atomic mass is 16.5.